The third kappa shape index (κ3) is 5.35. The number of ether oxygens (including phenoxy) is 2. The van der Waals surface area contributed by atoms with Crippen molar-refractivity contribution in [3.05, 3.63) is 38.3 Å². The Labute approximate surface area is 167 Å². The fourth-order valence-corrected chi connectivity index (χ4v) is 3.75. The summed E-state index contributed by atoms with van der Waals surface area (Å²) in [4.78, 5) is 11.3. The molecule has 0 amide bonds. The standard InChI is InChI=1S/C18H25BrN4O2S/c1-6-20-18(23(3)10-14-11-26-12(2)22-14)21-9-13-7-15(19)17(25-5)16(8-13)24-4/h7-8,11H,6,9-10H2,1-5H3,(H,20,21). The first kappa shape index (κ1) is 20.5. The number of hydrogen-bond acceptors (Lipinski definition) is 5. The van der Waals surface area contributed by atoms with Crippen LogP contribution in [0.25, 0.3) is 0 Å². The minimum Gasteiger partial charge on any atom is -0.493 e. The zero-order valence-corrected chi connectivity index (χ0v) is 18.2. The zero-order chi connectivity index (χ0) is 19.1. The molecule has 0 bridgehead atoms. The summed E-state index contributed by atoms with van der Waals surface area (Å²) in [6, 6.07) is 3.94. The van der Waals surface area contributed by atoms with Crippen molar-refractivity contribution in [1.29, 1.82) is 0 Å². The van der Waals surface area contributed by atoms with Gasteiger partial charge in [-0.25, -0.2) is 9.98 Å². The first-order chi connectivity index (χ1) is 12.5. The molecule has 0 saturated heterocycles. The van der Waals surface area contributed by atoms with Crippen molar-refractivity contribution in [2.75, 3.05) is 27.8 Å². The summed E-state index contributed by atoms with van der Waals surface area (Å²) in [6.07, 6.45) is 0. The molecule has 0 radical (unpaired) electrons. The first-order valence-corrected chi connectivity index (χ1v) is 9.96. The molecule has 1 N–H and O–H groups in total. The Bertz CT molecular complexity index is 764. The Balaban J connectivity index is 2.16. The average Bonchev–Trinajstić information content (AvgIpc) is 3.02. The van der Waals surface area contributed by atoms with Gasteiger partial charge in [-0.2, -0.15) is 0 Å². The van der Waals surface area contributed by atoms with Gasteiger partial charge in [-0.3, -0.25) is 0 Å². The zero-order valence-electron chi connectivity index (χ0n) is 15.8. The van der Waals surface area contributed by atoms with Gasteiger partial charge in [0.15, 0.2) is 17.5 Å². The highest BCUT2D eigenvalue weighted by molar-refractivity contribution is 9.10. The van der Waals surface area contributed by atoms with Crippen LogP contribution in [0.4, 0.5) is 0 Å². The van der Waals surface area contributed by atoms with Crippen LogP contribution in [0.1, 0.15) is 23.2 Å². The molecule has 0 aliphatic carbocycles. The highest BCUT2D eigenvalue weighted by Gasteiger charge is 2.12. The van der Waals surface area contributed by atoms with Crippen LogP contribution in [0.5, 0.6) is 11.5 Å². The Morgan fingerprint density at radius 1 is 1.35 bits per heavy atom. The topological polar surface area (TPSA) is 59.0 Å². The van der Waals surface area contributed by atoms with E-state index in [1.165, 1.54) is 0 Å². The molecule has 0 aliphatic rings. The highest BCUT2D eigenvalue weighted by Crippen LogP contribution is 2.36. The molecule has 0 unspecified atom stereocenters. The number of aryl methyl sites for hydroxylation is 1. The number of methoxy groups -OCH3 is 2. The molecule has 0 aliphatic heterocycles. The van der Waals surface area contributed by atoms with E-state index in [-0.39, 0.29) is 0 Å². The lowest BCUT2D eigenvalue weighted by Crippen LogP contribution is -2.38. The summed E-state index contributed by atoms with van der Waals surface area (Å²) in [5.41, 5.74) is 2.08. The number of halogens is 1. The highest BCUT2D eigenvalue weighted by atomic mass is 79.9. The molecular formula is C18H25BrN4O2S. The first-order valence-electron chi connectivity index (χ1n) is 8.29. The minimum absolute atomic E-state index is 0.529. The fourth-order valence-electron chi connectivity index (χ4n) is 2.50. The molecule has 0 fully saturated rings. The lowest BCUT2D eigenvalue weighted by atomic mass is 10.2. The van der Waals surface area contributed by atoms with Crippen LogP contribution in [0.15, 0.2) is 27.0 Å². The summed E-state index contributed by atoms with van der Waals surface area (Å²) in [6.45, 7) is 6.12. The number of thiazole rings is 1. The van der Waals surface area contributed by atoms with Gasteiger partial charge in [-0.05, 0) is 47.5 Å². The number of nitrogens with one attached hydrogen (secondary N) is 1. The normalized spacial score (nSPS) is 11.4. The van der Waals surface area contributed by atoms with E-state index in [0.717, 1.165) is 33.2 Å². The molecule has 1 heterocycles. The molecule has 1 aromatic heterocycles. The predicted molar refractivity (Wildman–Crippen MR) is 110 cm³/mol. The molecule has 6 nitrogen and oxygen atoms in total. The van der Waals surface area contributed by atoms with E-state index in [4.69, 9.17) is 14.5 Å². The van der Waals surface area contributed by atoms with Gasteiger partial charge in [0, 0.05) is 19.0 Å². The number of hydrogen-bond donors (Lipinski definition) is 1. The SMILES string of the molecule is CCNC(=NCc1cc(Br)c(OC)c(OC)c1)N(C)Cc1csc(C)n1. The van der Waals surface area contributed by atoms with Crippen molar-refractivity contribution >= 4 is 33.2 Å². The second-order valence-electron chi connectivity index (χ2n) is 5.70. The van der Waals surface area contributed by atoms with Crippen molar-refractivity contribution in [3.8, 4) is 11.5 Å². The van der Waals surface area contributed by atoms with Crippen LogP contribution in [0.3, 0.4) is 0 Å². The van der Waals surface area contributed by atoms with Crippen molar-refractivity contribution in [3.63, 3.8) is 0 Å². The summed E-state index contributed by atoms with van der Waals surface area (Å²) in [5, 5.41) is 6.49. The molecular weight excluding hydrogens is 416 g/mol. The Kier molecular flexibility index (Phi) is 7.71. The molecule has 0 saturated carbocycles. The summed E-state index contributed by atoms with van der Waals surface area (Å²) >= 11 is 5.19. The lowest BCUT2D eigenvalue weighted by Gasteiger charge is -2.21. The van der Waals surface area contributed by atoms with Crippen LogP contribution in [-0.4, -0.2) is 43.7 Å². The van der Waals surface area contributed by atoms with Crippen LogP contribution >= 0.6 is 27.3 Å². The van der Waals surface area contributed by atoms with Crippen molar-refractivity contribution in [1.82, 2.24) is 15.2 Å². The molecule has 8 heteroatoms. The maximum Gasteiger partial charge on any atom is 0.194 e. The molecule has 142 valence electrons. The number of guanidine groups is 1. The molecule has 26 heavy (non-hydrogen) atoms. The molecule has 2 aromatic rings. The van der Waals surface area contributed by atoms with E-state index in [9.17, 15) is 0 Å². The van der Waals surface area contributed by atoms with Gasteiger partial charge in [-0.1, -0.05) is 0 Å². The average molecular weight is 441 g/mol. The van der Waals surface area contributed by atoms with E-state index in [0.29, 0.717) is 24.6 Å². The van der Waals surface area contributed by atoms with E-state index >= 15 is 0 Å². The summed E-state index contributed by atoms with van der Waals surface area (Å²) in [7, 11) is 5.27. The van der Waals surface area contributed by atoms with Crippen LogP contribution in [0.2, 0.25) is 0 Å². The number of aromatic nitrogens is 1. The Morgan fingerprint density at radius 3 is 2.69 bits per heavy atom. The van der Waals surface area contributed by atoms with Gasteiger partial charge in [0.25, 0.3) is 0 Å². The van der Waals surface area contributed by atoms with Crippen LogP contribution in [0, 0.1) is 6.92 Å². The molecule has 2 rings (SSSR count). The van der Waals surface area contributed by atoms with E-state index < -0.39 is 0 Å². The van der Waals surface area contributed by atoms with Gasteiger partial charge in [-0.15, -0.1) is 11.3 Å². The third-order valence-electron chi connectivity index (χ3n) is 3.67. The van der Waals surface area contributed by atoms with Gasteiger partial charge in [0.05, 0.1) is 42.5 Å². The van der Waals surface area contributed by atoms with E-state index in [1.807, 2.05) is 26.1 Å². The van der Waals surface area contributed by atoms with Crippen LogP contribution < -0.4 is 14.8 Å². The molecule has 1 aromatic carbocycles. The number of benzene rings is 1. The fraction of sp³-hybridized carbons (Fsp3) is 0.444. The second-order valence-corrected chi connectivity index (χ2v) is 7.61. The monoisotopic (exact) mass is 440 g/mol. The van der Waals surface area contributed by atoms with Gasteiger partial charge < -0.3 is 19.7 Å². The molecule has 0 spiro atoms. The van der Waals surface area contributed by atoms with Crippen LogP contribution in [-0.2, 0) is 13.1 Å². The largest absolute Gasteiger partial charge is 0.493 e. The third-order valence-corrected chi connectivity index (χ3v) is 5.08. The Morgan fingerprint density at radius 2 is 2.12 bits per heavy atom. The van der Waals surface area contributed by atoms with Crippen molar-refractivity contribution in [2.45, 2.75) is 26.9 Å². The van der Waals surface area contributed by atoms with Crippen molar-refractivity contribution in [2.24, 2.45) is 4.99 Å². The quantitative estimate of drug-likeness (QED) is 0.523. The van der Waals surface area contributed by atoms with E-state index in [1.54, 1.807) is 25.6 Å². The maximum atomic E-state index is 5.40. The molecule has 0 atom stereocenters. The van der Waals surface area contributed by atoms with Gasteiger partial charge >= 0.3 is 0 Å². The van der Waals surface area contributed by atoms with Gasteiger partial charge in [0.1, 0.15) is 0 Å². The maximum absolute atomic E-state index is 5.40. The smallest absolute Gasteiger partial charge is 0.194 e. The second kappa shape index (κ2) is 9.78. The van der Waals surface area contributed by atoms with Gasteiger partial charge in [0.2, 0.25) is 0 Å². The number of nitrogens with zero attached hydrogens (tertiary/aromatic N) is 3. The summed E-state index contributed by atoms with van der Waals surface area (Å²) in [5.74, 6) is 2.20. The van der Waals surface area contributed by atoms with Crippen molar-refractivity contribution < 1.29 is 9.47 Å². The predicted octanol–water partition coefficient (Wildman–Crippen LogP) is 3.83. The number of aliphatic imine (C=N–C) groups is 1. The number of rotatable bonds is 7. The Hall–Kier alpha value is -1.80. The summed E-state index contributed by atoms with van der Waals surface area (Å²) < 4.78 is 11.6. The lowest BCUT2D eigenvalue weighted by molar-refractivity contribution is 0.352. The minimum atomic E-state index is 0.529. The van der Waals surface area contributed by atoms with E-state index in [2.05, 4.69) is 43.4 Å².